The van der Waals surface area contributed by atoms with Crippen molar-refractivity contribution in [3.63, 3.8) is 0 Å². The van der Waals surface area contributed by atoms with Crippen LogP contribution < -0.4 is 14.8 Å². The number of nitrogens with one attached hydrogen (secondary N) is 1. The lowest BCUT2D eigenvalue weighted by Gasteiger charge is -2.23. The highest BCUT2D eigenvalue weighted by Crippen LogP contribution is 2.40. The molecule has 0 spiro atoms. The largest absolute Gasteiger partial charge is 0.495 e. The molecule has 1 aromatic carbocycles. The van der Waals surface area contributed by atoms with E-state index in [2.05, 4.69) is 5.32 Å². The molecule has 136 valence electrons. The fourth-order valence-corrected chi connectivity index (χ4v) is 4.60. The molecule has 1 fully saturated rings. The van der Waals surface area contributed by atoms with Gasteiger partial charge in [0.05, 0.1) is 18.2 Å². The van der Waals surface area contributed by atoms with Gasteiger partial charge in [-0.1, -0.05) is 0 Å². The maximum Gasteiger partial charge on any atom is 0.310 e. The number of rotatable bonds is 4. The number of carboxylic acid groups (broad SMARTS) is 1. The third-order valence-corrected chi connectivity index (χ3v) is 6.34. The van der Waals surface area contributed by atoms with Crippen molar-refractivity contribution in [2.45, 2.75) is 18.2 Å². The van der Waals surface area contributed by atoms with Gasteiger partial charge in [0.25, 0.3) is 5.91 Å². The van der Waals surface area contributed by atoms with Crippen molar-refractivity contribution in [2.24, 2.45) is 5.41 Å². The first-order chi connectivity index (χ1) is 11.7. The molecule has 1 unspecified atom stereocenters. The van der Waals surface area contributed by atoms with E-state index in [0.717, 1.165) is 4.31 Å². The van der Waals surface area contributed by atoms with Crippen LogP contribution in [0, 0.1) is 5.41 Å². The molecular formula is C15H18N2O7S. The molecule has 2 N–H and O–H groups in total. The summed E-state index contributed by atoms with van der Waals surface area (Å²) in [6.45, 7) is 1.29. The van der Waals surface area contributed by atoms with Crippen LogP contribution in [0.3, 0.4) is 0 Å². The molecular weight excluding hydrogens is 352 g/mol. The Bertz CT molecular complexity index is 852. The molecule has 1 atom stereocenters. The van der Waals surface area contributed by atoms with Crippen molar-refractivity contribution in [3.05, 3.63) is 12.1 Å². The van der Waals surface area contributed by atoms with Crippen LogP contribution in [0.5, 0.6) is 11.5 Å². The number of carboxylic acids is 1. The minimum absolute atomic E-state index is 0.0495. The van der Waals surface area contributed by atoms with E-state index in [1.807, 2.05) is 0 Å². The zero-order valence-electron chi connectivity index (χ0n) is 13.7. The second-order valence-electron chi connectivity index (χ2n) is 6.29. The van der Waals surface area contributed by atoms with E-state index in [1.165, 1.54) is 26.2 Å². The van der Waals surface area contributed by atoms with Crippen LogP contribution in [0.25, 0.3) is 0 Å². The molecule has 2 aliphatic rings. The molecule has 3 rings (SSSR count). The van der Waals surface area contributed by atoms with Gasteiger partial charge in [0.15, 0.2) is 6.61 Å². The molecule has 1 aromatic rings. The minimum atomic E-state index is -3.98. The number of methoxy groups -OCH3 is 1. The summed E-state index contributed by atoms with van der Waals surface area (Å²) in [7, 11) is -2.66. The highest BCUT2D eigenvalue weighted by molar-refractivity contribution is 7.89. The summed E-state index contributed by atoms with van der Waals surface area (Å²) in [4.78, 5) is 22.6. The molecule has 25 heavy (non-hydrogen) atoms. The number of benzene rings is 1. The van der Waals surface area contributed by atoms with Crippen LogP contribution in [0.4, 0.5) is 5.69 Å². The Kier molecular flexibility index (Phi) is 4.12. The summed E-state index contributed by atoms with van der Waals surface area (Å²) in [6, 6.07) is 2.67. The molecule has 9 nitrogen and oxygen atoms in total. The van der Waals surface area contributed by atoms with Gasteiger partial charge >= 0.3 is 5.97 Å². The first-order valence-corrected chi connectivity index (χ1v) is 8.99. The fourth-order valence-electron chi connectivity index (χ4n) is 2.89. The van der Waals surface area contributed by atoms with Crippen molar-refractivity contribution >= 4 is 27.6 Å². The first kappa shape index (κ1) is 17.5. The number of ether oxygens (including phenoxy) is 2. The number of anilines is 1. The zero-order chi connectivity index (χ0) is 18.4. The van der Waals surface area contributed by atoms with Crippen molar-refractivity contribution in [3.8, 4) is 11.5 Å². The average molecular weight is 370 g/mol. The van der Waals surface area contributed by atoms with Gasteiger partial charge in [-0.05, 0) is 13.3 Å². The Balaban J connectivity index is 2.00. The molecule has 0 saturated carbocycles. The monoisotopic (exact) mass is 370 g/mol. The quantitative estimate of drug-likeness (QED) is 0.792. The SMILES string of the molecule is COc1cc2c(cc1S(=O)(=O)N1CCC(C)(C(=O)O)C1)OCC(=O)N2. The molecule has 2 aliphatic heterocycles. The number of aliphatic carboxylic acids is 1. The number of hydrogen-bond acceptors (Lipinski definition) is 6. The van der Waals surface area contributed by atoms with Gasteiger partial charge < -0.3 is 19.9 Å². The Morgan fingerprint density at radius 1 is 1.44 bits per heavy atom. The van der Waals surface area contributed by atoms with E-state index >= 15 is 0 Å². The van der Waals surface area contributed by atoms with Crippen LogP contribution in [0.2, 0.25) is 0 Å². The molecule has 1 saturated heterocycles. The van der Waals surface area contributed by atoms with Crippen molar-refractivity contribution in [2.75, 3.05) is 32.1 Å². The van der Waals surface area contributed by atoms with Gasteiger partial charge in [-0.15, -0.1) is 0 Å². The Morgan fingerprint density at radius 3 is 2.76 bits per heavy atom. The topological polar surface area (TPSA) is 122 Å². The summed E-state index contributed by atoms with van der Waals surface area (Å²) in [5, 5.41) is 11.9. The van der Waals surface area contributed by atoms with E-state index < -0.39 is 21.4 Å². The molecule has 2 heterocycles. The van der Waals surface area contributed by atoms with Gasteiger partial charge in [-0.25, -0.2) is 8.42 Å². The predicted molar refractivity (Wildman–Crippen MR) is 86.2 cm³/mol. The molecule has 0 bridgehead atoms. The van der Waals surface area contributed by atoms with Crippen molar-refractivity contribution in [1.82, 2.24) is 4.31 Å². The number of nitrogens with zero attached hydrogens (tertiary/aromatic N) is 1. The zero-order valence-corrected chi connectivity index (χ0v) is 14.6. The summed E-state index contributed by atoms with van der Waals surface area (Å²) < 4.78 is 37.5. The molecule has 1 amide bonds. The van der Waals surface area contributed by atoms with Crippen LogP contribution >= 0.6 is 0 Å². The maximum absolute atomic E-state index is 13.0. The Labute approximate surface area is 144 Å². The maximum atomic E-state index is 13.0. The van der Waals surface area contributed by atoms with Gasteiger partial charge in [0, 0.05) is 25.2 Å². The predicted octanol–water partition coefficient (Wildman–Crippen LogP) is 0.511. The van der Waals surface area contributed by atoms with Crippen molar-refractivity contribution < 1.29 is 32.6 Å². The lowest BCUT2D eigenvalue weighted by atomic mass is 9.90. The second-order valence-corrected chi connectivity index (χ2v) is 8.20. The number of hydrogen-bond donors (Lipinski definition) is 2. The number of amides is 1. The molecule has 0 aromatic heterocycles. The lowest BCUT2D eigenvalue weighted by molar-refractivity contribution is -0.146. The molecule has 0 aliphatic carbocycles. The van der Waals surface area contributed by atoms with E-state index in [1.54, 1.807) is 0 Å². The number of sulfonamides is 1. The average Bonchev–Trinajstić information content (AvgIpc) is 2.98. The van der Waals surface area contributed by atoms with Gasteiger partial charge in [0.2, 0.25) is 10.0 Å². The molecule has 10 heteroatoms. The standard InChI is InChI=1S/C15H18N2O7S/c1-15(14(19)20)3-4-17(8-15)25(21,22)12-6-10-9(5-11(12)23-2)16-13(18)7-24-10/h5-6H,3-4,7-8H2,1-2H3,(H,16,18)(H,19,20). The van der Waals surface area contributed by atoms with Gasteiger partial charge in [-0.2, -0.15) is 4.31 Å². The Hall–Kier alpha value is -2.33. The number of fused-ring (bicyclic) bond motifs is 1. The smallest absolute Gasteiger partial charge is 0.310 e. The molecule has 0 radical (unpaired) electrons. The second kappa shape index (κ2) is 5.88. The van der Waals surface area contributed by atoms with Gasteiger partial charge in [0.1, 0.15) is 16.4 Å². The number of carbonyl (C=O) groups excluding carboxylic acids is 1. The van der Waals surface area contributed by atoms with Crippen LogP contribution in [-0.4, -0.2) is 56.5 Å². The fraction of sp³-hybridized carbons (Fsp3) is 0.467. The summed E-state index contributed by atoms with van der Waals surface area (Å²) in [5.74, 6) is -1.11. The highest BCUT2D eigenvalue weighted by atomic mass is 32.2. The first-order valence-electron chi connectivity index (χ1n) is 7.55. The normalized spacial score (nSPS) is 23.5. The summed E-state index contributed by atoms with van der Waals surface area (Å²) >= 11 is 0. The van der Waals surface area contributed by atoms with Crippen LogP contribution in [0.15, 0.2) is 17.0 Å². The summed E-state index contributed by atoms with van der Waals surface area (Å²) in [5.41, 5.74) is -0.803. The minimum Gasteiger partial charge on any atom is -0.495 e. The third kappa shape index (κ3) is 2.91. The number of carbonyl (C=O) groups is 2. The van der Waals surface area contributed by atoms with Crippen LogP contribution in [0.1, 0.15) is 13.3 Å². The van der Waals surface area contributed by atoms with Gasteiger partial charge in [-0.3, -0.25) is 9.59 Å². The van der Waals surface area contributed by atoms with Crippen LogP contribution in [-0.2, 0) is 19.6 Å². The van der Waals surface area contributed by atoms with E-state index in [4.69, 9.17) is 9.47 Å². The van der Waals surface area contributed by atoms with E-state index in [-0.39, 0.29) is 48.4 Å². The lowest BCUT2D eigenvalue weighted by Crippen LogP contribution is -2.35. The third-order valence-electron chi connectivity index (χ3n) is 4.47. The Morgan fingerprint density at radius 2 is 2.16 bits per heavy atom. The highest BCUT2D eigenvalue weighted by Gasteiger charge is 2.45. The van der Waals surface area contributed by atoms with Crippen molar-refractivity contribution in [1.29, 1.82) is 0 Å². The van der Waals surface area contributed by atoms with E-state index in [9.17, 15) is 23.1 Å². The van der Waals surface area contributed by atoms with E-state index in [0.29, 0.717) is 5.69 Å². The summed E-state index contributed by atoms with van der Waals surface area (Å²) in [6.07, 6.45) is 0.224.